The summed E-state index contributed by atoms with van der Waals surface area (Å²) in [6.07, 6.45) is 9.09. The molecule has 1 aromatic carbocycles. The molecule has 1 aliphatic rings. The summed E-state index contributed by atoms with van der Waals surface area (Å²) in [6, 6.07) is 6.59. The molecule has 1 saturated carbocycles. The maximum absolute atomic E-state index is 11.8. The van der Waals surface area contributed by atoms with Crippen molar-refractivity contribution < 1.29 is 4.79 Å². The van der Waals surface area contributed by atoms with Gasteiger partial charge in [0.05, 0.1) is 28.5 Å². The quantitative estimate of drug-likeness (QED) is 0.627. The Morgan fingerprint density at radius 3 is 2.62 bits per heavy atom. The molecule has 1 fully saturated rings. The third kappa shape index (κ3) is 3.38. The maximum atomic E-state index is 11.8. The molecular formula is C23H23ClN4O. The number of nitrogen functional groups attached to an aromatic ring is 1. The number of aromatic nitrogens is 2. The molecule has 2 heterocycles. The van der Waals surface area contributed by atoms with E-state index in [-0.39, 0.29) is 11.7 Å². The lowest BCUT2D eigenvalue weighted by Crippen LogP contribution is -2.21. The van der Waals surface area contributed by atoms with Crippen molar-refractivity contribution in [2.45, 2.75) is 45.6 Å². The molecule has 0 radical (unpaired) electrons. The van der Waals surface area contributed by atoms with Crippen LogP contribution in [0, 0.1) is 24.2 Å². The minimum Gasteiger partial charge on any atom is -0.396 e. The second kappa shape index (κ2) is 7.53. The van der Waals surface area contributed by atoms with Crippen LogP contribution in [0.1, 0.15) is 49.8 Å². The van der Waals surface area contributed by atoms with Gasteiger partial charge in [-0.15, -0.1) is 0 Å². The van der Waals surface area contributed by atoms with Crippen molar-refractivity contribution in [2.75, 3.05) is 5.73 Å². The number of benzene rings is 1. The highest BCUT2D eigenvalue weighted by molar-refractivity contribution is 6.36. The molecule has 0 bridgehead atoms. The number of ketones is 1. The van der Waals surface area contributed by atoms with E-state index < -0.39 is 0 Å². The molecule has 5 nitrogen and oxygen atoms in total. The first-order chi connectivity index (χ1) is 13.9. The Bertz CT molecular complexity index is 1150. The molecule has 0 unspecified atom stereocenters. The first-order valence-corrected chi connectivity index (χ1v) is 10.2. The second-order valence-corrected chi connectivity index (χ2v) is 8.33. The number of nitrogens with zero attached hydrogens (tertiary/aromatic N) is 3. The fourth-order valence-corrected chi connectivity index (χ4v) is 4.65. The zero-order chi connectivity index (χ0) is 20.7. The number of nitrogens with two attached hydrogens (primary N) is 1. The third-order valence-corrected chi connectivity index (χ3v) is 6.58. The number of fused-ring (bicyclic) bond motifs is 1. The van der Waals surface area contributed by atoms with Crippen LogP contribution in [0.5, 0.6) is 0 Å². The van der Waals surface area contributed by atoms with Crippen molar-refractivity contribution in [2.24, 2.45) is 5.92 Å². The summed E-state index contributed by atoms with van der Waals surface area (Å²) in [6.45, 7) is 3.65. The lowest BCUT2D eigenvalue weighted by atomic mass is 9.84. The zero-order valence-electron chi connectivity index (χ0n) is 16.6. The fraction of sp³-hybridized carbons (Fsp3) is 0.348. The van der Waals surface area contributed by atoms with Crippen LogP contribution in [0.3, 0.4) is 0 Å². The minimum atomic E-state index is 0.173. The van der Waals surface area contributed by atoms with E-state index in [1.165, 1.54) is 0 Å². The summed E-state index contributed by atoms with van der Waals surface area (Å²) in [5.41, 5.74) is 10.8. The van der Waals surface area contributed by atoms with Crippen molar-refractivity contribution in [3.63, 3.8) is 0 Å². The van der Waals surface area contributed by atoms with Crippen LogP contribution in [0.15, 0.2) is 30.7 Å². The Kier molecular flexibility index (Phi) is 5.06. The molecule has 0 saturated heterocycles. The van der Waals surface area contributed by atoms with Crippen LogP contribution >= 0.6 is 11.6 Å². The van der Waals surface area contributed by atoms with Crippen LogP contribution < -0.4 is 5.73 Å². The highest BCUT2D eigenvalue weighted by Crippen LogP contribution is 2.41. The monoisotopic (exact) mass is 406 g/mol. The Labute approximate surface area is 175 Å². The number of nitriles is 1. The van der Waals surface area contributed by atoms with Gasteiger partial charge in [0.2, 0.25) is 0 Å². The van der Waals surface area contributed by atoms with Crippen molar-refractivity contribution >= 4 is 34.0 Å². The average Bonchev–Trinajstić information content (AvgIpc) is 3.07. The predicted octanol–water partition coefficient (Wildman–Crippen LogP) is 5.44. The number of aryl methyl sites for hydroxylation is 1. The van der Waals surface area contributed by atoms with Gasteiger partial charge in [-0.3, -0.25) is 9.78 Å². The summed E-state index contributed by atoms with van der Waals surface area (Å²) < 4.78 is 2.29. The van der Waals surface area contributed by atoms with Gasteiger partial charge in [0.15, 0.2) is 0 Å². The van der Waals surface area contributed by atoms with Crippen molar-refractivity contribution in [1.82, 2.24) is 9.55 Å². The molecule has 2 aromatic heterocycles. The smallest absolute Gasteiger partial charge is 0.132 e. The molecule has 29 heavy (non-hydrogen) atoms. The predicted molar refractivity (Wildman–Crippen MR) is 116 cm³/mol. The van der Waals surface area contributed by atoms with E-state index in [1.807, 2.05) is 13.0 Å². The SMILES string of the molecule is CC(=O)C1CCC(n2cc(-c3cncc(N)c3Cl)c3cc(C#N)c(C)cc32)CC1. The lowest BCUT2D eigenvalue weighted by molar-refractivity contribution is -0.121. The lowest BCUT2D eigenvalue weighted by Gasteiger charge is -2.29. The highest BCUT2D eigenvalue weighted by Gasteiger charge is 2.27. The van der Waals surface area contributed by atoms with Crippen molar-refractivity contribution in [3.05, 3.63) is 46.9 Å². The molecule has 0 spiro atoms. The molecule has 0 atom stereocenters. The van der Waals surface area contributed by atoms with Crippen LogP contribution in [-0.2, 0) is 4.79 Å². The molecule has 0 aliphatic heterocycles. The number of anilines is 1. The number of pyridine rings is 1. The number of hydrogen-bond acceptors (Lipinski definition) is 4. The van der Waals surface area contributed by atoms with E-state index in [9.17, 15) is 10.1 Å². The van der Waals surface area contributed by atoms with Gasteiger partial charge in [0.1, 0.15) is 5.78 Å². The average molecular weight is 407 g/mol. The largest absolute Gasteiger partial charge is 0.396 e. The zero-order valence-corrected chi connectivity index (χ0v) is 17.3. The molecule has 2 N–H and O–H groups in total. The number of carbonyl (C=O) groups excluding carboxylic acids is 1. The van der Waals surface area contributed by atoms with E-state index in [4.69, 9.17) is 17.3 Å². The number of carbonyl (C=O) groups is 1. The Morgan fingerprint density at radius 2 is 1.97 bits per heavy atom. The van der Waals surface area contributed by atoms with E-state index in [1.54, 1.807) is 19.3 Å². The van der Waals surface area contributed by atoms with E-state index in [2.05, 4.69) is 27.9 Å². The first-order valence-electron chi connectivity index (χ1n) is 9.85. The van der Waals surface area contributed by atoms with E-state index in [0.717, 1.165) is 53.3 Å². The van der Waals surface area contributed by atoms with E-state index in [0.29, 0.717) is 22.3 Å². The molecule has 0 amide bonds. The molecular weight excluding hydrogens is 384 g/mol. The van der Waals surface area contributed by atoms with Gasteiger partial charge in [-0.25, -0.2) is 0 Å². The van der Waals surface area contributed by atoms with Crippen LogP contribution in [-0.4, -0.2) is 15.3 Å². The maximum Gasteiger partial charge on any atom is 0.132 e. The summed E-state index contributed by atoms with van der Waals surface area (Å²) in [5.74, 6) is 0.459. The molecule has 148 valence electrons. The number of hydrogen-bond donors (Lipinski definition) is 1. The normalized spacial score (nSPS) is 19.2. The molecule has 6 heteroatoms. The van der Waals surface area contributed by atoms with Gasteiger partial charge in [0.25, 0.3) is 0 Å². The Balaban J connectivity index is 1.88. The minimum absolute atomic E-state index is 0.173. The summed E-state index contributed by atoms with van der Waals surface area (Å²) >= 11 is 6.51. The van der Waals surface area contributed by atoms with Crippen LogP contribution in [0.25, 0.3) is 22.0 Å². The fourth-order valence-electron chi connectivity index (χ4n) is 4.45. The highest BCUT2D eigenvalue weighted by atomic mass is 35.5. The van der Waals surface area contributed by atoms with Gasteiger partial charge < -0.3 is 10.3 Å². The third-order valence-electron chi connectivity index (χ3n) is 6.16. The molecule has 3 aromatic rings. The summed E-state index contributed by atoms with van der Waals surface area (Å²) in [4.78, 5) is 16.0. The summed E-state index contributed by atoms with van der Waals surface area (Å²) in [7, 11) is 0. The van der Waals surface area contributed by atoms with Gasteiger partial charge in [-0.05, 0) is 57.2 Å². The van der Waals surface area contributed by atoms with Crippen molar-refractivity contribution in [3.8, 4) is 17.2 Å². The first kappa shape index (κ1) is 19.5. The van der Waals surface area contributed by atoms with Gasteiger partial charge in [-0.1, -0.05) is 11.6 Å². The second-order valence-electron chi connectivity index (χ2n) is 7.95. The van der Waals surface area contributed by atoms with Crippen molar-refractivity contribution in [1.29, 1.82) is 5.26 Å². The molecule has 4 rings (SSSR count). The standard InChI is InChI=1S/C23H23ClN4O/c1-13-7-22-18(8-16(13)9-25)20(19-10-27-11-21(26)23(19)24)12-28(22)17-5-3-15(4-6-17)14(2)29/h7-8,10-12,15,17H,3-6,26H2,1-2H3. The topological polar surface area (TPSA) is 84.7 Å². The Hall–Kier alpha value is -2.84. The van der Waals surface area contributed by atoms with Gasteiger partial charge in [-0.2, -0.15) is 5.26 Å². The van der Waals surface area contributed by atoms with E-state index >= 15 is 0 Å². The van der Waals surface area contributed by atoms with Crippen LogP contribution in [0.2, 0.25) is 5.02 Å². The summed E-state index contributed by atoms with van der Waals surface area (Å²) in [5, 5.41) is 11.0. The number of halogens is 1. The number of rotatable bonds is 3. The number of Topliss-reactive ketones (excluding diaryl/α,β-unsaturated/α-hetero) is 1. The van der Waals surface area contributed by atoms with Gasteiger partial charge in [0, 0.05) is 46.4 Å². The Morgan fingerprint density at radius 1 is 1.24 bits per heavy atom. The van der Waals surface area contributed by atoms with Gasteiger partial charge >= 0.3 is 0 Å². The van der Waals surface area contributed by atoms with Crippen LogP contribution in [0.4, 0.5) is 5.69 Å². The molecule has 1 aliphatic carbocycles.